The van der Waals surface area contributed by atoms with Crippen molar-refractivity contribution in [2.75, 3.05) is 7.11 Å². The Morgan fingerprint density at radius 1 is 1.56 bits per heavy atom. The molecule has 1 unspecified atom stereocenters. The van der Waals surface area contributed by atoms with E-state index in [1.165, 1.54) is 12.0 Å². The van der Waals surface area contributed by atoms with Crippen LogP contribution in [0.2, 0.25) is 0 Å². The molecule has 0 radical (unpaired) electrons. The summed E-state index contributed by atoms with van der Waals surface area (Å²) < 4.78 is 6.65. The lowest BCUT2D eigenvalue weighted by atomic mass is 9.75. The van der Waals surface area contributed by atoms with E-state index in [2.05, 4.69) is 32.4 Å². The largest absolute Gasteiger partial charge is 0.378 e. The maximum atomic E-state index is 5.66. The van der Waals surface area contributed by atoms with Crippen LogP contribution in [0.15, 0.2) is 22.9 Å². The molecule has 0 aromatic carbocycles. The number of ether oxygens (including phenoxy) is 1. The number of aromatic nitrogens is 1. The van der Waals surface area contributed by atoms with E-state index in [9.17, 15) is 0 Å². The SMILES string of the molecule is COC1(CC(Cc2cncc(Br)c2)NN)CCC1. The molecule has 0 spiro atoms. The van der Waals surface area contributed by atoms with Crippen molar-refractivity contribution in [3.05, 3.63) is 28.5 Å². The molecule has 4 nitrogen and oxygen atoms in total. The van der Waals surface area contributed by atoms with Gasteiger partial charge in [0.05, 0.1) is 5.60 Å². The maximum absolute atomic E-state index is 5.66. The van der Waals surface area contributed by atoms with Crippen molar-refractivity contribution in [2.24, 2.45) is 5.84 Å². The third kappa shape index (κ3) is 3.29. The lowest BCUT2D eigenvalue weighted by Gasteiger charge is -2.42. The van der Waals surface area contributed by atoms with Crippen LogP contribution in [-0.4, -0.2) is 23.7 Å². The summed E-state index contributed by atoms with van der Waals surface area (Å²) in [6.07, 6.45) is 9.02. The normalized spacial score (nSPS) is 19.3. The van der Waals surface area contributed by atoms with E-state index in [4.69, 9.17) is 10.6 Å². The molecule has 5 heteroatoms. The minimum Gasteiger partial charge on any atom is -0.378 e. The third-order valence-corrected chi connectivity index (χ3v) is 4.23. The minimum atomic E-state index is 0.0382. The van der Waals surface area contributed by atoms with Crippen molar-refractivity contribution in [3.63, 3.8) is 0 Å². The number of nitrogens with two attached hydrogens (primary N) is 1. The zero-order chi connectivity index (χ0) is 13.0. The van der Waals surface area contributed by atoms with Gasteiger partial charge in [-0.05, 0) is 59.7 Å². The van der Waals surface area contributed by atoms with Gasteiger partial charge in [-0.3, -0.25) is 16.3 Å². The second kappa shape index (κ2) is 6.10. The average Bonchev–Trinajstić information content (AvgIpc) is 2.32. The van der Waals surface area contributed by atoms with Crippen LogP contribution in [0.1, 0.15) is 31.2 Å². The molecule has 18 heavy (non-hydrogen) atoms. The topological polar surface area (TPSA) is 60.2 Å². The van der Waals surface area contributed by atoms with Crippen LogP contribution < -0.4 is 11.3 Å². The molecule has 1 heterocycles. The number of hydrogen-bond acceptors (Lipinski definition) is 4. The molecule has 1 aliphatic carbocycles. The molecule has 1 saturated carbocycles. The number of methoxy groups -OCH3 is 1. The summed E-state index contributed by atoms with van der Waals surface area (Å²) >= 11 is 3.44. The standard InChI is InChI=1S/C13H20BrN3O/c1-18-13(3-2-4-13)7-12(17-15)6-10-5-11(14)9-16-8-10/h5,8-9,12,17H,2-4,6-7,15H2,1H3. The van der Waals surface area contributed by atoms with Gasteiger partial charge in [-0.25, -0.2) is 0 Å². The van der Waals surface area contributed by atoms with Gasteiger partial charge in [0.1, 0.15) is 0 Å². The molecule has 1 atom stereocenters. The number of rotatable bonds is 6. The van der Waals surface area contributed by atoms with Crippen LogP contribution in [-0.2, 0) is 11.2 Å². The van der Waals surface area contributed by atoms with Crippen LogP contribution in [0.25, 0.3) is 0 Å². The Hall–Kier alpha value is -0.490. The van der Waals surface area contributed by atoms with E-state index in [0.29, 0.717) is 0 Å². The maximum Gasteiger partial charge on any atom is 0.0694 e. The molecule has 1 fully saturated rings. The fraction of sp³-hybridized carbons (Fsp3) is 0.615. The Bertz CT molecular complexity index is 390. The van der Waals surface area contributed by atoms with Gasteiger partial charge >= 0.3 is 0 Å². The Kier molecular flexibility index (Phi) is 4.72. The second-order valence-corrected chi connectivity index (χ2v) is 5.94. The molecule has 2 rings (SSSR count). The molecule has 0 amide bonds. The Morgan fingerprint density at radius 3 is 2.83 bits per heavy atom. The first-order chi connectivity index (χ1) is 8.67. The van der Waals surface area contributed by atoms with Gasteiger partial charge in [-0.1, -0.05) is 0 Å². The second-order valence-electron chi connectivity index (χ2n) is 5.02. The first-order valence-electron chi connectivity index (χ1n) is 6.28. The number of hydrogen-bond donors (Lipinski definition) is 2. The van der Waals surface area contributed by atoms with Gasteiger partial charge in [-0.15, -0.1) is 0 Å². The summed E-state index contributed by atoms with van der Waals surface area (Å²) in [6, 6.07) is 2.30. The van der Waals surface area contributed by atoms with Crippen molar-refractivity contribution < 1.29 is 4.74 Å². The van der Waals surface area contributed by atoms with E-state index in [0.717, 1.165) is 30.2 Å². The Labute approximate surface area is 116 Å². The smallest absolute Gasteiger partial charge is 0.0694 e. The fourth-order valence-corrected chi connectivity index (χ4v) is 2.97. The minimum absolute atomic E-state index is 0.0382. The predicted molar refractivity (Wildman–Crippen MR) is 75.0 cm³/mol. The van der Waals surface area contributed by atoms with Crippen molar-refractivity contribution in [2.45, 2.75) is 43.7 Å². The molecular weight excluding hydrogens is 294 g/mol. The summed E-state index contributed by atoms with van der Waals surface area (Å²) in [4.78, 5) is 4.18. The molecule has 1 aromatic rings. The number of halogens is 1. The van der Waals surface area contributed by atoms with Crippen molar-refractivity contribution in [3.8, 4) is 0 Å². The lowest BCUT2D eigenvalue weighted by molar-refractivity contribution is -0.0834. The van der Waals surface area contributed by atoms with Crippen molar-refractivity contribution in [1.82, 2.24) is 10.4 Å². The van der Waals surface area contributed by atoms with E-state index in [-0.39, 0.29) is 11.6 Å². The monoisotopic (exact) mass is 313 g/mol. The summed E-state index contributed by atoms with van der Waals surface area (Å²) in [5.74, 6) is 5.66. The number of nitrogens with one attached hydrogen (secondary N) is 1. The van der Waals surface area contributed by atoms with Crippen LogP contribution in [0, 0.1) is 0 Å². The van der Waals surface area contributed by atoms with Crippen molar-refractivity contribution in [1.29, 1.82) is 0 Å². The van der Waals surface area contributed by atoms with Crippen LogP contribution in [0.3, 0.4) is 0 Å². The van der Waals surface area contributed by atoms with Crippen molar-refractivity contribution >= 4 is 15.9 Å². The van der Waals surface area contributed by atoms with E-state index in [1.807, 2.05) is 6.20 Å². The van der Waals surface area contributed by atoms with Gasteiger partial charge in [-0.2, -0.15) is 0 Å². The summed E-state index contributed by atoms with van der Waals surface area (Å²) in [5.41, 5.74) is 4.12. The quantitative estimate of drug-likeness (QED) is 0.624. The molecule has 0 saturated heterocycles. The highest BCUT2D eigenvalue weighted by molar-refractivity contribution is 9.10. The Balaban J connectivity index is 1.97. The highest BCUT2D eigenvalue weighted by atomic mass is 79.9. The highest BCUT2D eigenvalue weighted by Gasteiger charge is 2.38. The first-order valence-corrected chi connectivity index (χ1v) is 7.07. The summed E-state index contributed by atoms with van der Waals surface area (Å²) in [7, 11) is 1.80. The summed E-state index contributed by atoms with van der Waals surface area (Å²) in [6.45, 7) is 0. The number of hydrazine groups is 1. The van der Waals surface area contributed by atoms with Gasteiger partial charge in [0.15, 0.2) is 0 Å². The van der Waals surface area contributed by atoms with E-state index >= 15 is 0 Å². The molecule has 3 N–H and O–H groups in total. The van der Waals surface area contributed by atoms with Crippen LogP contribution in [0.4, 0.5) is 0 Å². The molecule has 1 aromatic heterocycles. The molecule has 100 valence electrons. The van der Waals surface area contributed by atoms with Gasteiger partial charge in [0, 0.05) is 30.0 Å². The van der Waals surface area contributed by atoms with E-state index < -0.39 is 0 Å². The first kappa shape index (κ1) is 13.9. The van der Waals surface area contributed by atoms with Gasteiger partial charge in [0.25, 0.3) is 0 Å². The van der Waals surface area contributed by atoms with Crippen LogP contribution in [0.5, 0.6) is 0 Å². The third-order valence-electron chi connectivity index (χ3n) is 3.80. The Morgan fingerprint density at radius 2 is 2.33 bits per heavy atom. The molecular formula is C13H20BrN3O. The summed E-state index contributed by atoms with van der Waals surface area (Å²) in [5, 5.41) is 0. The predicted octanol–water partition coefficient (Wildman–Crippen LogP) is 2.18. The zero-order valence-electron chi connectivity index (χ0n) is 10.7. The molecule has 0 bridgehead atoms. The van der Waals surface area contributed by atoms with Gasteiger partial charge < -0.3 is 4.74 Å². The van der Waals surface area contributed by atoms with E-state index in [1.54, 1.807) is 13.3 Å². The fourth-order valence-electron chi connectivity index (χ4n) is 2.55. The number of pyridine rings is 1. The number of nitrogens with zero attached hydrogens (tertiary/aromatic N) is 1. The molecule has 0 aliphatic heterocycles. The lowest BCUT2D eigenvalue weighted by Crippen LogP contribution is -2.48. The average molecular weight is 314 g/mol. The van der Waals surface area contributed by atoms with Crippen LogP contribution >= 0.6 is 15.9 Å². The highest BCUT2D eigenvalue weighted by Crippen LogP contribution is 2.39. The van der Waals surface area contributed by atoms with Gasteiger partial charge in [0.2, 0.25) is 0 Å². The molecule has 1 aliphatic rings. The zero-order valence-corrected chi connectivity index (χ0v) is 12.2.